The van der Waals surface area contributed by atoms with E-state index < -0.39 is 5.97 Å². The van der Waals surface area contributed by atoms with Crippen LogP contribution in [0, 0.1) is 27.7 Å². The smallest absolute Gasteiger partial charge is 0.306 e. The van der Waals surface area contributed by atoms with Crippen molar-refractivity contribution in [2.75, 3.05) is 0 Å². The van der Waals surface area contributed by atoms with Crippen LogP contribution in [-0.4, -0.2) is 17.5 Å². The molecule has 1 heterocycles. The largest absolute Gasteiger partial charge is 0.461 e. The molecule has 2 aromatic rings. The van der Waals surface area contributed by atoms with Gasteiger partial charge >= 0.3 is 5.97 Å². The first-order valence-electron chi connectivity index (χ1n) is 8.56. The summed E-state index contributed by atoms with van der Waals surface area (Å²) < 4.78 is 5.36. The van der Waals surface area contributed by atoms with Gasteiger partial charge < -0.3 is 4.74 Å². The van der Waals surface area contributed by atoms with Crippen molar-refractivity contribution in [3.63, 3.8) is 0 Å². The summed E-state index contributed by atoms with van der Waals surface area (Å²) in [4.78, 5) is 37.7. The predicted octanol–water partition coefficient (Wildman–Crippen LogP) is 4.89. The lowest BCUT2D eigenvalue weighted by molar-refractivity contribution is -0.144. The van der Waals surface area contributed by atoms with Gasteiger partial charge in [-0.15, -0.1) is 11.3 Å². The van der Waals surface area contributed by atoms with Gasteiger partial charge in [0.2, 0.25) is 0 Å². The Bertz CT molecular complexity index is 861. The topological polar surface area (TPSA) is 60.4 Å². The molecule has 0 aliphatic carbocycles. The van der Waals surface area contributed by atoms with Gasteiger partial charge in [0, 0.05) is 16.9 Å². The van der Waals surface area contributed by atoms with Crippen LogP contribution < -0.4 is 0 Å². The molecule has 0 fully saturated rings. The summed E-state index contributed by atoms with van der Waals surface area (Å²) in [5.74, 6) is -0.443. The van der Waals surface area contributed by atoms with Gasteiger partial charge in [0.15, 0.2) is 11.6 Å². The van der Waals surface area contributed by atoms with Gasteiger partial charge in [-0.05, 0) is 69.0 Å². The van der Waals surface area contributed by atoms with Crippen LogP contribution in [0.1, 0.15) is 66.9 Å². The molecular weight excluding hydrogens is 348 g/mol. The van der Waals surface area contributed by atoms with Gasteiger partial charge in [0.1, 0.15) is 6.61 Å². The van der Waals surface area contributed by atoms with Crippen LogP contribution in [-0.2, 0) is 16.1 Å². The summed E-state index contributed by atoms with van der Waals surface area (Å²) >= 11 is 1.43. The van der Waals surface area contributed by atoms with Gasteiger partial charge in [-0.2, -0.15) is 0 Å². The molecule has 0 atom stereocenters. The number of benzene rings is 1. The molecule has 0 aliphatic heterocycles. The molecule has 0 spiro atoms. The average molecular weight is 372 g/mol. The Kier molecular flexibility index (Phi) is 6.48. The highest BCUT2D eigenvalue weighted by Crippen LogP contribution is 2.24. The van der Waals surface area contributed by atoms with E-state index in [1.807, 2.05) is 39.8 Å². The normalized spacial score (nSPS) is 10.7. The summed E-state index contributed by atoms with van der Waals surface area (Å²) in [6, 6.07) is 5.62. The number of rotatable bonds is 7. The van der Waals surface area contributed by atoms with E-state index in [4.69, 9.17) is 4.74 Å². The minimum Gasteiger partial charge on any atom is -0.461 e. The van der Waals surface area contributed by atoms with E-state index in [-0.39, 0.29) is 31.0 Å². The number of esters is 1. The van der Waals surface area contributed by atoms with Crippen LogP contribution in [0.3, 0.4) is 0 Å². The van der Waals surface area contributed by atoms with Crippen LogP contribution in [0.2, 0.25) is 0 Å². The Morgan fingerprint density at radius 1 is 1.00 bits per heavy atom. The molecule has 5 heteroatoms. The molecule has 2 rings (SSSR count). The van der Waals surface area contributed by atoms with Crippen molar-refractivity contribution in [3.8, 4) is 0 Å². The van der Waals surface area contributed by atoms with Crippen LogP contribution >= 0.6 is 11.3 Å². The highest BCUT2D eigenvalue weighted by atomic mass is 32.1. The fourth-order valence-corrected chi connectivity index (χ4v) is 3.97. The third-order valence-electron chi connectivity index (χ3n) is 4.43. The maximum Gasteiger partial charge on any atom is 0.306 e. The van der Waals surface area contributed by atoms with Crippen molar-refractivity contribution in [2.45, 2.75) is 54.1 Å². The van der Waals surface area contributed by atoms with E-state index >= 15 is 0 Å². The number of carbonyl (C=O) groups is 3. The third-order valence-corrected chi connectivity index (χ3v) is 5.47. The van der Waals surface area contributed by atoms with E-state index in [1.54, 1.807) is 13.0 Å². The molecule has 0 radical (unpaired) electrons. The van der Waals surface area contributed by atoms with Gasteiger partial charge in [-0.1, -0.05) is 6.07 Å². The average Bonchev–Trinajstić information content (AvgIpc) is 2.98. The van der Waals surface area contributed by atoms with Crippen LogP contribution in [0.15, 0.2) is 18.2 Å². The Morgan fingerprint density at radius 3 is 2.27 bits per heavy atom. The summed E-state index contributed by atoms with van der Waals surface area (Å²) in [6.45, 7) is 9.32. The zero-order chi connectivity index (χ0) is 19.4. The van der Waals surface area contributed by atoms with Crippen molar-refractivity contribution in [2.24, 2.45) is 0 Å². The zero-order valence-electron chi connectivity index (χ0n) is 15.9. The molecule has 0 unspecified atom stereocenters. The molecule has 1 aromatic carbocycles. The Labute approximate surface area is 158 Å². The number of thiophene rings is 1. The quantitative estimate of drug-likeness (QED) is 0.513. The fourth-order valence-electron chi connectivity index (χ4n) is 3.14. The molecule has 26 heavy (non-hydrogen) atoms. The number of aryl methyl sites for hydroxylation is 3. The van der Waals surface area contributed by atoms with Crippen molar-refractivity contribution in [3.05, 3.63) is 55.8 Å². The maximum absolute atomic E-state index is 12.1. The SMILES string of the molecule is CC(=O)c1c(C)cc(C)c(COC(=O)CCC(=O)c2ccc(C)s2)c1C. The number of carbonyl (C=O) groups excluding carboxylic acids is 3. The standard InChI is InChI=1S/C21H24O4S/c1-12-10-13(2)21(16(5)22)15(4)17(12)11-25-20(24)9-7-18(23)19-8-6-14(3)26-19/h6,8,10H,7,9,11H2,1-5H3. The Morgan fingerprint density at radius 2 is 1.69 bits per heavy atom. The number of ether oxygens (including phenoxy) is 1. The highest BCUT2D eigenvalue weighted by molar-refractivity contribution is 7.14. The molecule has 0 saturated heterocycles. The monoisotopic (exact) mass is 372 g/mol. The fraction of sp³-hybridized carbons (Fsp3) is 0.381. The first kappa shape index (κ1) is 20.0. The van der Waals surface area contributed by atoms with Crippen molar-refractivity contribution in [1.82, 2.24) is 0 Å². The molecular formula is C21H24O4S. The molecule has 138 valence electrons. The van der Waals surface area contributed by atoms with E-state index in [0.717, 1.165) is 27.1 Å². The molecule has 0 aliphatic rings. The van der Waals surface area contributed by atoms with Crippen molar-refractivity contribution < 1.29 is 19.1 Å². The number of hydrogen-bond acceptors (Lipinski definition) is 5. The van der Waals surface area contributed by atoms with Crippen LogP contribution in [0.4, 0.5) is 0 Å². The summed E-state index contributed by atoms with van der Waals surface area (Å²) in [5, 5.41) is 0. The zero-order valence-corrected chi connectivity index (χ0v) is 16.7. The molecule has 0 amide bonds. The number of hydrogen-bond donors (Lipinski definition) is 0. The second-order valence-electron chi connectivity index (χ2n) is 6.54. The van der Waals surface area contributed by atoms with Gasteiger partial charge in [-0.25, -0.2) is 0 Å². The minimum atomic E-state index is -0.407. The lowest BCUT2D eigenvalue weighted by Gasteiger charge is -2.16. The Hall–Kier alpha value is -2.27. The second kappa shape index (κ2) is 8.41. The first-order valence-corrected chi connectivity index (χ1v) is 9.38. The number of Topliss-reactive ketones (excluding diaryl/α,β-unsaturated/α-hetero) is 2. The summed E-state index contributed by atoms with van der Waals surface area (Å²) in [5.41, 5.74) is 4.31. The number of ketones is 2. The molecule has 0 N–H and O–H groups in total. The summed E-state index contributed by atoms with van der Waals surface area (Å²) in [6.07, 6.45) is 0.197. The van der Waals surface area contributed by atoms with Crippen LogP contribution in [0.5, 0.6) is 0 Å². The summed E-state index contributed by atoms with van der Waals surface area (Å²) in [7, 11) is 0. The lowest BCUT2D eigenvalue weighted by Crippen LogP contribution is -2.11. The van der Waals surface area contributed by atoms with Crippen molar-refractivity contribution in [1.29, 1.82) is 0 Å². The first-order chi connectivity index (χ1) is 12.2. The van der Waals surface area contributed by atoms with Crippen molar-refractivity contribution >= 4 is 28.9 Å². The van der Waals surface area contributed by atoms with Gasteiger partial charge in [-0.3, -0.25) is 14.4 Å². The lowest BCUT2D eigenvalue weighted by atomic mass is 9.92. The van der Waals surface area contributed by atoms with E-state index in [0.29, 0.717) is 10.4 Å². The van der Waals surface area contributed by atoms with E-state index in [9.17, 15) is 14.4 Å². The van der Waals surface area contributed by atoms with Gasteiger partial charge in [0.05, 0.1) is 11.3 Å². The second-order valence-corrected chi connectivity index (χ2v) is 7.83. The van der Waals surface area contributed by atoms with E-state index in [2.05, 4.69) is 0 Å². The molecule has 1 aromatic heterocycles. The van der Waals surface area contributed by atoms with E-state index in [1.165, 1.54) is 11.3 Å². The highest BCUT2D eigenvalue weighted by Gasteiger charge is 2.16. The Balaban J connectivity index is 1.98. The molecule has 4 nitrogen and oxygen atoms in total. The van der Waals surface area contributed by atoms with Gasteiger partial charge in [0.25, 0.3) is 0 Å². The van der Waals surface area contributed by atoms with Crippen LogP contribution in [0.25, 0.3) is 0 Å². The predicted molar refractivity (Wildman–Crippen MR) is 103 cm³/mol. The third kappa shape index (κ3) is 4.67. The maximum atomic E-state index is 12.1. The molecule has 0 bridgehead atoms. The minimum absolute atomic E-state index is 0.00409. The molecule has 0 saturated carbocycles.